The lowest BCUT2D eigenvalue weighted by Crippen LogP contribution is -2.30. The van der Waals surface area contributed by atoms with Gasteiger partial charge < -0.3 is 10.6 Å². The topological polar surface area (TPSA) is 78.5 Å². The lowest BCUT2D eigenvalue weighted by Gasteiger charge is -2.18. The van der Waals surface area contributed by atoms with Crippen molar-refractivity contribution < 1.29 is 13.2 Å². The molecule has 0 aliphatic rings. The minimum absolute atomic E-state index is 0.128. The Morgan fingerprint density at radius 1 is 0.871 bits per heavy atom. The second kappa shape index (κ2) is 10.2. The molecule has 0 spiro atoms. The number of nitrogens with one attached hydrogen (secondary N) is 2. The SMILES string of the molecule is CN(C)S(=O)(=O)c1cccc(NC(=O)NCCC(c2ccccc2)c2ccccc2)c1. The van der Waals surface area contributed by atoms with E-state index in [1.807, 2.05) is 36.4 Å². The maximum atomic E-state index is 12.4. The van der Waals surface area contributed by atoms with Crippen molar-refractivity contribution in [3.63, 3.8) is 0 Å². The first-order valence-electron chi connectivity index (χ1n) is 10.1. The van der Waals surface area contributed by atoms with Crippen molar-refractivity contribution in [1.29, 1.82) is 0 Å². The Morgan fingerprint density at radius 3 is 2.00 bits per heavy atom. The molecule has 0 bridgehead atoms. The summed E-state index contributed by atoms with van der Waals surface area (Å²) in [6.07, 6.45) is 0.733. The van der Waals surface area contributed by atoms with Gasteiger partial charge in [-0.1, -0.05) is 66.7 Å². The van der Waals surface area contributed by atoms with Crippen molar-refractivity contribution in [3.8, 4) is 0 Å². The predicted molar refractivity (Wildman–Crippen MR) is 124 cm³/mol. The summed E-state index contributed by atoms with van der Waals surface area (Å²) < 4.78 is 25.7. The molecule has 3 rings (SSSR count). The number of carbonyl (C=O) groups is 1. The normalized spacial score (nSPS) is 11.5. The van der Waals surface area contributed by atoms with Crippen LogP contribution in [0.15, 0.2) is 89.8 Å². The highest BCUT2D eigenvalue weighted by molar-refractivity contribution is 7.89. The van der Waals surface area contributed by atoms with Crippen LogP contribution in [0.1, 0.15) is 23.5 Å². The maximum Gasteiger partial charge on any atom is 0.319 e. The third-order valence-corrected chi connectivity index (χ3v) is 6.80. The molecule has 0 saturated carbocycles. The molecule has 0 atom stereocenters. The lowest BCUT2D eigenvalue weighted by atomic mass is 9.88. The number of anilines is 1. The summed E-state index contributed by atoms with van der Waals surface area (Å²) in [7, 11) is -0.622. The number of nitrogens with zero attached hydrogens (tertiary/aromatic N) is 1. The fraction of sp³-hybridized carbons (Fsp3) is 0.208. The molecule has 2 N–H and O–H groups in total. The number of sulfonamides is 1. The quantitative estimate of drug-likeness (QED) is 0.552. The van der Waals surface area contributed by atoms with Gasteiger partial charge >= 0.3 is 6.03 Å². The fourth-order valence-corrected chi connectivity index (χ4v) is 4.29. The van der Waals surface area contributed by atoms with Crippen LogP contribution in [0.3, 0.4) is 0 Å². The van der Waals surface area contributed by atoms with Crippen LogP contribution >= 0.6 is 0 Å². The molecule has 0 fully saturated rings. The van der Waals surface area contributed by atoms with Crippen LogP contribution in [0, 0.1) is 0 Å². The molecule has 0 saturated heterocycles. The van der Waals surface area contributed by atoms with E-state index in [0.29, 0.717) is 12.2 Å². The average molecular weight is 438 g/mol. The molecule has 3 aromatic rings. The Balaban J connectivity index is 1.63. The third-order valence-electron chi connectivity index (χ3n) is 4.99. The molecular weight excluding hydrogens is 410 g/mol. The van der Waals surface area contributed by atoms with Crippen LogP contribution in [0.25, 0.3) is 0 Å². The Bertz CT molecular complexity index is 1060. The Morgan fingerprint density at radius 2 is 1.45 bits per heavy atom. The summed E-state index contributed by atoms with van der Waals surface area (Å²) in [6.45, 7) is 0.468. The van der Waals surface area contributed by atoms with E-state index in [0.717, 1.165) is 10.7 Å². The molecule has 0 aliphatic carbocycles. The van der Waals surface area contributed by atoms with Crippen molar-refractivity contribution in [2.75, 3.05) is 26.0 Å². The molecule has 162 valence electrons. The summed E-state index contributed by atoms with van der Waals surface area (Å²) in [5.41, 5.74) is 2.80. The van der Waals surface area contributed by atoms with Gasteiger partial charge in [-0.3, -0.25) is 0 Å². The zero-order chi connectivity index (χ0) is 22.3. The third kappa shape index (κ3) is 5.93. The van der Waals surface area contributed by atoms with Gasteiger partial charge in [0.15, 0.2) is 0 Å². The first-order chi connectivity index (χ1) is 14.9. The summed E-state index contributed by atoms with van der Waals surface area (Å²) in [5, 5.41) is 5.59. The molecule has 0 radical (unpaired) electrons. The minimum Gasteiger partial charge on any atom is -0.338 e. The number of hydrogen-bond donors (Lipinski definition) is 2. The monoisotopic (exact) mass is 437 g/mol. The Kier molecular flexibility index (Phi) is 7.44. The molecule has 3 aromatic carbocycles. The highest BCUT2D eigenvalue weighted by Gasteiger charge is 2.18. The number of urea groups is 1. The van der Waals surface area contributed by atoms with E-state index in [1.54, 1.807) is 12.1 Å². The van der Waals surface area contributed by atoms with Crippen molar-refractivity contribution in [1.82, 2.24) is 9.62 Å². The second-order valence-corrected chi connectivity index (χ2v) is 9.51. The van der Waals surface area contributed by atoms with Crippen LogP contribution < -0.4 is 10.6 Å². The van der Waals surface area contributed by atoms with Gasteiger partial charge in [0, 0.05) is 32.2 Å². The maximum absolute atomic E-state index is 12.4. The van der Waals surface area contributed by atoms with Gasteiger partial charge in [-0.05, 0) is 35.7 Å². The van der Waals surface area contributed by atoms with Crippen LogP contribution in [0.2, 0.25) is 0 Å². The molecular formula is C24H27N3O3S. The van der Waals surface area contributed by atoms with E-state index < -0.39 is 10.0 Å². The molecule has 0 heterocycles. The van der Waals surface area contributed by atoms with E-state index in [4.69, 9.17) is 0 Å². The van der Waals surface area contributed by atoms with Gasteiger partial charge in [0.25, 0.3) is 0 Å². The van der Waals surface area contributed by atoms with Crippen LogP contribution in [-0.2, 0) is 10.0 Å². The number of benzene rings is 3. The van der Waals surface area contributed by atoms with E-state index in [9.17, 15) is 13.2 Å². The van der Waals surface area contributed by atoms with Crippen molar-refractivity contribution in [3.05, 3.63) is 96.1 Å². The van der Waals surface area contributed by atoms with Gasteiger partial charge in [0.2, 0.25) is 10.0 Å². The second-order valence-electron chi connectivity index (χ2n) is 7.36. The highest BCUT2D eigenvalue weighted by atomic mass is 32.2. The standard InChI is InChI=1S/C24H27N3O3S/c1-27(2)31(29,30)22-15-9-14-21(18-22)26-24(28)25-17-16-23(19-10-5-3-6-11-19)20-12-7-4-8-13-20/h3-15,18,23H,16-17H2,1-2H3,(H2,25,26,28). The first kappa shape index (κ1) is 22.5. The number of amides is 2. The summed E-state index contributed by atoms with van der Waals surface area (Å²) >= 11 is 0. The van der Waals surface area contributed by atoms with Gasteiger partial charge in [-0.25, -0.2) is 17.5 Å². The molecule has 31 heavy (non-hydrogen) atoms. The highest BCUT2D eigenvalue weighted by Crippen LogP contribution is 2.27. The summed E-state index contributed by atoms with van der Waals surface area (Å²) in [6, 6.07) is 26.2. The average Bonchev–Trinajstić information content (AvgIpc) is 2.78. The minimum atomic E-state index is -3.56. The number of rotatable bonds is 8. The van der Waals surface area contributed by atoms with Crippen molar-refractivity contribution >= 4 is 21.7 Å². The fourth-order valence-electron chi connectivity index (χ4n) is 3.35. The summed E-state index contributed by atoms with van der Waals surface area (Å²) in [5.74, 6) is 0.163. The lowest BCUT2D eigenvalue weighted by molar-refractivity contribution is 0.252. The van der Waals surface area contributed by atoms with Gasteiger partial charge in [-0.15, -0.1) is 0 Å². The molecule has 0 aromatic heterocycles. The Hall–Kier alpha value is -3.16. The smallest absolute Gasteiger partial charge is 0.319 e. The van der Waals surface area contributed by atoms with E-state index in [1.165, 1.54) is 37.4 Å². The van der Waals surface area contributed by atoms with E-state index in [2.05, 4.69) is 34.9 Å². The number of carbonyl (C=O) groups excluding carboxylic acids is 1. The van der Waals surface area contributed by atoms with E-state index in [-0.39, 0.29) is 16.8 Å². The van der Waals surface area contributed by atoms with Gasteiger partial charge in [0.05, 0.1) is 4.90 Å². The van der Waals surface area contributed by atoms with Crippen LogP contribution in [0.5, 0.6) is 0 Å². The zero-order valence-corrected chi connectivity index (χ0v) is 18.5. The molecule has 7 heteroatoms. The first-order valence-corrected chi connectivity index (χ1v) is 11.5. The molecule has 2 amide bonds. The molecule has 6 nitrogen and oxygen atoms in total. The predicted octanol–water partition coefficient (Wildman–Crippen LogP) is 4.28. The summed E-state index contributed by atoms with van der Waals surface area (Å²) in [4.78, 5) is 12.5. The van der Waals surface area contributed by atoms with Crippen LogP contribution in [0.4, 0.5) is 10.5 Å². The Labute approximate surface area is 184 Å². The van der Waals surface area contributed by atoms with E-state index >= 15 is 0 Å². The van der Waals surface area contributed by atoms with Gasteiger partial charge in [0.1, 0.15) is 0 Å². The zero-order valence-electron chi connectivity index (χ0n) is 17.7. The van der Waals surface area contributed by atoms with Crippen molar-refractivity contribution in [2.45, 2.75) is 17.2 Å². The molecule has 0 aliphatic heterocycles. The largest absolute Gasteiger partial charge is 0.338 e. The van der Waals surface area contributed by atoms with Crippen molar-refractivity contribution in [2.24, 2.45) is 0 Å². The van der Waals surface area contributed by atoms with Gasteiger partial charge in [-0.2, -0.15) is 0 Å². The van der Waals surface area contributed by atoms with Crippen LogP contribution in [-0.4, -0.2) is 39.4 Å². The number of hydrogen-bond acceptors (Lipinski definition) is 3. The molecule has 0 unspecified atom stereocenters.